The predicted molar refractivity (Wildman–Crippen MR) is 116 cm³/mol. The summed E-state index contributed by atoms with van der Waals surface area (Å²) in [5, 5.41) is 24.0. The highest BCUT2D eigenvalue weighted by atomic mass is 16.4. The van der Waals surface area contributed by atoms with Gasteiger partial charge < -0.3 is 19.0 Å². The molecule has 2 aromatic carbocycles. The van der Waals surface area contributed by atoms with Crippen molar-refractivity contribution in [3.05, 3.63) is 132 Å². The quantitative estimate of drug-likeness (QED) is 0.439. The van der Waals surface area contributed by atoms with E-state index in [1.54, 1.807) is 85.4 Å². The summed E-state index contributed by atoms with van der Waals surface area (Å²) >= 11 is 0. The Hall–Kier alpha value is -3.60. The Labute approximate surface area is 175 Å². The van der Waals surface area contributed by atoms with E-state index in [0.29, 0.717) is 22.6 Å². The summed E-state index contributed by atoms with van der Waals surface area (Å²) < 4.78 is 10.8. The molecule has 0 aliphatic carbocycles. The summed E-state index contributed by atoms with van der Waals surface area (Å²) in [4.78, 5) is 0. The van der Waals surface area contributed by atoms with Crippen molar-refractivity contribution >= 4 is 12.2 Å². The molecule has 0 bridgehead atoms. The van der Waals surface area contributed by atoms with Gasteiger partial charge in [0.15, 0.2) is 0 Å². The van der Waals surface area contributed by atoms with Crippen LogP contribution in [0.15, 0.2) is 118 Å². The minimum absolute atomic E-state index is 0.531. The maximum absolute atomic E-state index is 12.0. The topological polar surface area (TPSA) is 66.7 Å². The molecule has 0 saturated heterocycles. The first-order valence-electron chi connectivity index (χ1n) is 9.63. The highest BCUT2D eigenvalue weighted by Gasteiger charge is 2.48. The second-order valence-corrected chi connectivity index (χ2v) is 6.96. The predicted octanol–water partition coefficient (Wildman–Crippen LogP) is 5.37. The van der Waals surface area contributed by atoms with Crippen LogP contribution < -0.4 is 0 Å². The molecule has 150 valence electrons. The third kappa shape index (κ3) is 3.79. The summed E-state index contributed by atoms with van der Waals surface area (Å²) in [5.74, 6) is 1.13. The van der Waals surface area contributed by atoms with Crippen LogP contribution in [0.2, 0.25) is 0 Å². The number of hydrogen-bond donors (Lipinski definition) is 2. The summed E-state index contributed by atoms with van der Waals surface area (Å²) in [6.07, 6.45) is 9.54. The number of benzene rings is 2. The van der Waals surface area contributed by atoms with Gasteiger partial charge in [0.1, 0.15) is 22.7 Å². The van der Waals surface area contributed by atoms with Gasteiger partial charge in [0, 0.05) is 0 Å². The average Bonchev–Trinajstić information content (AvgIpc) is 3.51. The maximum atomic E-state index is 12.0. The summed E-state index contributed by atoms with van der Waals surface area (Å²) in [6.45, 7) is 0. The van der Waals surface area contributed by atoms with Crippen molar-refractivity contribution in [3.63, 3.8) is 0 Å². The van der Waals surface area contributed by atoms with Crippen molar-refractivity contribution < 1.29 is 19.0 Å². The first-order chi connectivity index (χ1) is 14.6. The lowest BCUT2D eigenvalue weighted by Crippen LogP contribution is -2.47. The third-order valence-electron chi connectivity index (χ3n) is 5.07. The zero-order valence-electron chi connectivity index (χ0n) is 16.3. The lowest BCUT2D eigenvalue weighted by atomic mass is 9.72. The van der Waals surface area contributed by atoms with Crippen LogP contribution in [0, 0.1) is 0 Å². The van der Waals surface area contributed by atoms with Gasteiger partial charge in [-0.15, -0.1) is 0 Å². The first-order valence-corrected chi connectivity index (χ1v) is 9.63. The molecule has 0 saturated carbocycles. The van der Waals surface area contributed by atoms with Crippen molar-refractivity contribution in [2.45, 2.75) is 11.2 Å². The van der Waals surface area contributed by atoms with Crippen LogP contribution in [0.4, 0.5) is 0 Å². The summed E-state index contributed by atoms with van der Waals surface area (Å²) in [6, 6.07) is 25.2. The Balaban J connectivity index is 1.90. The van der Waals surface area contributed by atoms with Gasteiger partial charge in [-0.3, -0.25) is 0 Å². The van der Waals surface area contributed by atoms with Crippen molar-refractivity contribution in [2.24, 2.45) is 0 Å². The van der Waals surface area contributed by atoms with E-state index in [1.807, 2.05) is 36.4 Å². The molecule has 0 aliphatic rings. The summed E-state index contributed by atoms with van der Waals surface area (Å²) in [5.41, 5.74) is -2.54. The van der Waals surface area contributed by atoms with Gasteiger partial charge in [-0.05, 0) is 59.7 Å². The number of hydrogen-bond acceptors (Lipinski definition) is 4. The van der Waals surface area contributed by atoms with Crippen LogP contribution in [-0.4, -0.2) is 10.2 Å². The van der Waals surface area contributed by atoms with Crippen LogP contribution in [0.3, 0.4) is 0 Å². The van der Waals surface area contributed by atoms with Crippen LogP contribution in [0.25, 0.3) is 12.2 Å². The molecule has 0 radical (unpaired) electrons. The number of rotatable bonds is 7. The molecule has 2 unspecified atom stereocenters. The van der Waals surface area contributed by atoms with Gasteiger partial charge in [0.2, 0.25) is 0 Å². The fourth-order valence-corrected chi connectivity index (χ4v) is 3.45. The van der Waals surface area contributed by atoms with E-state index in [4.69, 9.17) is 8.83 Å². The normalized spacial score (nSPS) is 15.9. The van der Waals surface area contributed by atoms with Crippen molar-refractivity contribution in [1.82, 2.24) is 0 Å². The number of furan rings is 2. The van der Waals surface area contributed by atoms with E-state index in [-0.39, 0.29) is 0 Å². The fraction of sp³-hybridized carbons (Fsp3) is 0.0769. The highest BCUT2D eigenvalue weighted by Crippen LogP contribution is 2.44. The van der Waals surface area contributed by atoms with E-state index in [1.165, 1.54) is 0 Å². The molecule has 30 heavy (non-hydrogen) atoms. The Morgan fingerprint density at radius 1 is 0.533 bits per heavy atom. The molecule has 2 heterocycles. The maximum Gasteiger partial charge on any atom is 0.145 e. The van der Waals surface area contributed by atoms with Gasteiger partial charge in [-0.1, -0.05) is 60.7 Å². The van der Waals surface area contributed by atoms with E-state index in [2.05, 4.69) is 0 Å². The van der Waals surface area contributed by atoms with E-state index >= 15 is 0 Å². The molecule has 0 amide bonds. The van der Waals surface area contributed by atoms with Crippen LogP contribution >= 0.6 is 0 Å². The second kappa shape index (κ2) is 8.41. The van der Waals surface area contributed by atoms with Crippen LogP contribution in [0.1, 0.15) is 22.6 Å². The van der Waals surface area contributed by atoms with E-state index in [9.17, 15) is 10.2 Å². The minimum Gasteiger partial charge on any atom is -0.465 e. The molecule has 0 spiro atoms. The molecule has 0 fully saturated rings. The van der Waals surface area contributed by atoms with Crippen molar-refractivity contribution in [2.75, 3.05) is 0 Å². The lowest BCUT2D eigenvalue weighted by Gasteiger charge is -2.40. The van der Waals surface area contributed by atoms with Gasteiger partial charge in [0.05, 0.1) is 12.5 Å². The molecular weight excluding hydrogens is 376 g/mol. The Morgan fingerprint density at radius 3 is 1.27 bits per heavy atom. The molecule has 2 atom stereocenters. The fourth-order valence-electron chi connectivity index (χ4n) is 3.45. The third-order valence-corrected chi connectivity index (χ3v) is 5.07. The van der Waals surface area contributed by atoms with Gasteiger partial charge >= 0.3 is 0 Å². The van der Waals surface area contributed by atoms with E-state index < -0.39 is 11.2 Å². The SMILES string of the molecule is OC(/C=C/c1ccco1)(c1ccccc1)C(O)(/C=C/c1ccco1)c1ccccc1. The lowest BCUT2D eigenvalue weighted by molar-refractivity contribution is -0.102. The molecule has 4 nitrogen and oxygen atoms in total. The van der Waals surface area contributed by atoms with Gasteiger partial charge in [0.25, 0.3) is 0 Å². The second-order valence-electron chi connectivity index (χ2n) is 6.96. The molecule has 4 aromatic rings. The number of aliphatic hydroxyl groups is 2. The average molecular weight is 398 g/mol. The minimum atomic E-state index is -1.80. The smallest absolute Gasteiger partial charge is 0.145 e. The standard InChI is InChI=1S/C26H22O4/c27-25(21-9-3-1-4-10-21,17-15-23-13-7-19-29-23)26(28,22-11-5-2-6-12-22)18-16-24-14-8-20-30-24/h1-20,27-28H/b17-15+,18-16+. The Bertz CT molecular complexity index is 1000. The zero-order valence-corrected chi connectivity index (χ0v) is 16.3. The largest absolute Gasteiger partial charge is 0.465 e. The highest BCUT2D eigenvalue weighted by molar-refractivity contribution is 5.54. The monoisotopic (exact) mass is 398 g/mol. The molecular formula is C26H22O4. The summed E-state index contributed by atoms with van der Waals surface area (Å²) in [7, 11) is 0. The van der Waals surface area contributed by atoms with Crippen molar-refractivity contribution in [1.29, 1.82) is 0 Å². The van der Waals surface area contributed by atoms with Gasteiger partial charge in [-0.2, -0.15) is 0 Å². The molecule has 4 rings (SSSR count). The Kier molecular flexibility index (Phi) is 5.53. The molecule has 2 N–H and O–H groups in total. The Morgan fingerprint density at radius 2 is 0.933 bits per heavy atom. The molecule has 2 aromatic heterocycles. The van der Waals surface area contributed by atoms with Gasteiger partial charge in [-0.25, -0.2) is 0 Å². The zero-order chi connectivity index (χ0) is 20.9. The molecule has 0 aliphatic heterocycles. The first kappa shape index (κ1) is 19.7. The molecule has 4 heteroatoms. The van der Waals surface area contributed by atoms with E-state index in [0.717, 1.165) is 0 Å². The van der Waals surface area contributed by atoms with Crippen LogP contribution in [0.5, 0.6) is 0 Å². The van der Waals surface area contributed by atoms with Crippen molar-refractivity contribution in [3.8, 4) is 0 Å². The van der Waals surface area contributed by atoms with Crippen LogP contribution in [-0.2, 0) is 11.2 Å².